The lowest BCUT2D eigenvalue weighted by Crippen LogP contribution is -2.12. The largest absolute Gasteiger partial charge is 0.434 e. The highest BCUT2D eigenvalue weighted by Crippen LogP contribution is 2.47. The van der Waals surface area contributed by atoms with Gasteiger partial charge in [0.1, 0.15) is 5.69 Å². The summed E-state index contributed by atoms with van der Waals surface area (Å²) in [6.45, 7) is 4.21. The van der Waals surface area contributed by atoms with Crippen LogP contribution in [0.25, 0.3) is 11.3 Å². The normalized spacial score (nSPS) is 13.9. The Bertz CT molecular complexity index is 884. The van der Waals surface area contributed by atoms with E-state index in [1.807, 2.05) is 13.3 Å². The van der Waals surface area contributed by atoms with Crippen molar-refractivity contribution in [1.29, 1.82) is 0 Å². The van der Waals surface area contributed by atoms with Gasteiger partial charge >= 0.3 is 6.18 Å². The van der Waals surface area contributed by atoms with E-state index in [-0.39, 0.29) is 10.8 Å². The maximum atomic E-state index is 13.2. The third kappa shape index (κ3) is 4.44. The van der Waals surface area contributed by atoms with E-state index in [1.165, 1.54) is 7.05 Å². The molecule has 9 heteroatoms. The Morgan fingerprint density at radius 3 is 2.31 bits per heavy atom. The summed E-state index contributed by atoms with van der Waals surface area (Å²) in [5.41, 5.74) is 1.02. The smallest absolute Gasteiger partial charge is 0.262 e. The fourth-order valence-electron chi connectivity index (χ4n) is 2.54. The Morgan fingerprint density at radius 1 is 1.27 bits per heavy atom. The predicted molar refractivity (Wildman–Crippen MR) is 108 cm³/mol. The summed E-state index contributed by atoms with van der Waals surface area (Å²) >= 11 is 18.8. The molecule has 0 aliphatic heterocycles. The zero-order valence-electron chi connectivity index (χ0n) is 14.8. The van der Waals surface area contributed by atoms with Gasteiger partial charge in [-0.2, -0.15) is 18.3 Å². The number of nitrogens with zero attached hydrogens (tertiary/aromatic N) is 2. The molecule has 0 saturated carbocycles. The fourth-order valence-corrected chi connectivity index (χ4v) is 4.06. The van der Waals surface area contributed by atoms with Crippen LogP contribution in [0.5, 0.6) is 0 Å². The van der Waals surface area contributed by atoms with Crippen LogP contribution in [0.4, 0.5) is 13.2 Å². The minimum Gasteiger partial charge on any atom is -0.262 e. The summed E-state index contributed by atoms with van der Waals surface area (Å²) in [7, 11) is 1.22. The molecule has 0 bridgehead atoms. The van der Waals surface area contributed by atoms with Gasteiger partial charge in [-0.05, 0) is 49.9 Å². The van der Waals surface area contributed by atoms with Crippen LogP contribution in [0.15, 0.2) is 12.1 Å². The molecule has 0 aliphatic rings. The first-order chi connectivity index (χ1) is 11.7. The molecule has 2 nitrogen and oxygen atoms in total. The van der Waals surface area contributed by atoms with Crippen LogP contribution in [-0.2, 0) is 19.6 Å². The Morgan fingerprint density at radius 2 is 1.85 bits per heavy atom. The lowest BCUT2D eigenvalue weighted by Gasteiger charge is -2.21. The van der Waals surface area contributed by atoms with Crippen LogP contribution in [0, 0.1) is 6.92 Å². The van der Waals surface area contributed by atoms with Gasteiger partial charge in [0.25, 0.3) is 0 Å². The molecule has 1 heterocycles. The van der Waals surface area contributed by atoms with E-state index < -0.39 is 23.8 Å². The van der Waals surface area contributed by atoms with E-state index in [0.29, 0.717) is 22.6 Å². The first-order valence-corrected chi connectivity index (χ1v) is 11.8. The molecule has 0 aliphatic carbocycles. The number of aromatic nitrogens is 2. The monoisotopic (exact) mass is 444 g/mol. The molecular formula is C17H19Cl3F3N2P. The van der Waals surface area contributed by atoms with Gasteiger partial charge in [0, 0.05) is 17.6 Å². The van der Waals surface area contributed by atoms with Gasteiger partial charge in [-0.15, -0.1) is 11.6 Å². The Kier molecular flexibility index (Phi) is 6.19. The molecule has 2 rings (SSSR count). The molecular weight excluding hydrogens is 427 g/mol. The second-order valence-corrected chi connectivity index (χ2v) is 12.6. The third-order valence-electron chi connectivity index (χ3n) is 4.05. The van der Waals surface area contributed by atoms with Crippen molar-refractivity contribution in [2.24, 2.45) is 7.05 Å². The van der Waals surface area contributed by atoms with E-state index in [2.05, 4.69) is 11.4 Å². The second-order valence-electron chi connectivity index (χ2n) is 6.81. The molecule has 26 heavy (non-hydrogen) atoms. The zero-order chi connectivity index (χ0) is 20.0. The quantitative estimate of drug-likeness (QED) is 0.386. The molecule has 0 saturated heterocycles. The molecule has 144 valence electrons. The van der Waals surface area contributed by atoms with E-state index in [9.17, 15) is 13.2 Å². The summed E-state index contributed by atoms with van der Waals surface area (Å²) in [4.78, 5) is 0. The van der Waals surface area contributed by atoms with Gasteiger partial charge in [-0.1, -0.05) is 36.4 Å². The van der Waals surface area contributed by atoms with Crippen molar-refractivity contribution in [3.8, 4) is 11.3 Å². The van der Waals surface area contributed by atoms with Crippen LogP contribution in [0.2, 0.25) is 10.0 Å². The Balaban J connectivity index is 2.59. The number of benzene rings is 1. The first kappa shape index (κ1) is 21.7. The summed E-state index contributed by atoms with van der Waals surface area (Å²) in [6.07, 6.45) is -0.00193. The van der Waals surface area contributed by atoms with Gasteiger partial charge in [-0.25, -0.2) is 0 Å². The molecule has 0 fully saturated rings. The SMILES string of the molecule is C=P(C)(C)C(Cl)Cc1cc(-c2nn(C)c(C(F)(F)F)c2Cl)c(C)cc1Cl. The fraction of sp³-hybridized carbons (Fsp3) is 0.412. The molecule has 0 N–H and O–H groups in total. The van der Waals surface area contributed by atoms with Crippen LogP contribution < -0.4 is 0 Å². The van der Waals surface area contributed by atoms with Gasteiger partial charge in [0.05, 0.1) is 10.1 Å². The van der Waals surface area contributed by atoms with Crippen LogP contribution in [0.1, 0.15) is 16.8 Å². The maximum absolute atomic E-state index is 13.2. The maximum Gasteiger partial charge on any atom is 0.434 e. The molecule has 1 aromatic heterocycles. The molecule has 1 unspecified atom stereocenters. The van der Waals surface area contributed by atoms with Gasteiger partial charge in [0.2, 0.25) is 0 Å². The molecule has 0 radical (unpaired) electrons. The number of rotatable bonds is 4. The summed E-state index contributed by atoms with van der Waals surface area (Å²) in [5, 5.41) is 3.88. The third-order valence-corrected chi connectivity index (χ3v) is 8.20. The van der Waals surface area contributed by atoms with Crippen molar-refractivity contribution in [3.63, 3.8) is 0 Å². The number of aryl methyl sites for hydroxylation is 2. The second kappa shape index (κ2) is 7.43. The lowest BCUT2D eigenvalue weighted by atomic mass is 10.0. The highest BCUT2D eigenvalue weighted by Gasteiger charge is 2.39. The topological polar surface area (TPSA) is 17.8 Å². The molecule has 1 atom stereocenters. The molecule has 1 aromatic carbocycles. The van der Waals surface area contributed by atoms with Crippen molar-refractivity contribution in [2.75, 3.05) is 13.3 Å². The molecule has 0 spiro atoms. The minimum atomic E-state index is -4.59. The minimum absolute atomic E-state index is 0.0757. The number of alkyl halides is 4. The number of hydrogen-bond donors (Lipinski definition) is 0. The van der Waals surface area contributed by atoms with Crippen LogP contribution >= 0.6 is 41.7 Å². The van der Waals surface area contributed by atoms with E-state index in [4.69, 9.17) is 34.8 Å². The lowest BCUT2D eigenvalue weighted by molar-refractivity contribution is -0.143. The van der Waals surface area contributed by atoms with Gasteiger partial charge < -0.3 is 0 Å². The zero-order valence-corrected chi connectivity index (χ0v) is 17.9. The number of hydrogen-bond acceptors (Lipinski definition) is 1. The van der Waals surface area contributed by atoms with E-state index >= 15 is 0 Å². The average molecular weight is 446 g/mol. The standard InChI is InChI=1S/C17H19Cl3F3N2P/c1-9-6-12(18)10(8-13(19)26(3,4)5)7-11(9)15-14(20)16(17(21,22)23)25(2)24-15/h6-7,13H,3,8H2,1-2,4-5H3. The van der Waals surface area contributed by atoms with Crippen molar-refractivity contribution in [2.45, 2.75) is 24.6 Å². The van der Waals surface area contributed by atoms with Crippen LogP contribution in [-0.4, -0.2) is 34.5 Å². The molecule has 0 amide bonds. The van der Waals surface area contributed by atoms with Gasteiger partial charge in [0.15, 0.2) is 5.69 Å². The van der Waals surface area contributed by atoms with Crippen molar-refractivity contribution >= 4 is 48.0 Å². The first-order valence-electron chi connectivity index (χ1n) is 7.64. The highest BCUT2D eigenvalue weighted by atomic mass is 35.5. The Hall–Kier alpha value is -0.610. The number of halogens is 6. The highest BCUT2D eigenvalue weighted by molar-refractivity contribution is 7.74. The summed E-state index contributed by atoms with van der Waals surface area (Å²) in [6, 6.07) is 3.42. The van der Waals surface area contributed by atoms with E-state index in [1.54, 1.807) is 19.1 Å². The molecule has 2 aromatic rings. The summed E-state index contributed by atoms with van der Waals surface area (Å²) in [5.74, 6) is 0. The van der Waals surface area contributed by atoms with Gasteiger partial charge in [-0.3, -0.25) is 4.68 Å². The van der Waals surface area contributed by atoms with Crippen molar-refractivity contribution in [1.82, 2.24) is 9.78 Å². The van der Waals surface area contributed by atoms with E-state index in [0.717, 1.165) is 10.2 Å². The predicted octanol–water partition coefficient (Wildman–Crippen LogP) is 6.54. The summed E-state index contributed by atoms with van der Waals surface area (Å²) < 4.78 is 40.3. The Labute approximate surface area is 166 Å². The van der Waals surface area contributed by atoms with Crippen molar-refractivity contribution < 1.29 is 13.2 Å². The van der Waals surface area contributed by atoms with Crippen LogP contribution in [0.3, 0.4) is 0 Å². The average Bonchev–Trinajstić information content (AvgIpc) is 2.75. The van der Waals surface area contributed by atoms with Crippen molar-refractivity contribution in [3.05, 3.63) is 39.0 Å².